The van der Waals surface area contributed by atoms with Crippen molar-refractivity contribution in [1.82, 2.24) is 10.6 Å². The van der Waals surface area contributed by atoms with Gasteiger partial charge in [0.25, 0.3) is 5.91 Å². The Kier molecular flexibility index (Phi) is 5.18. The van der Waals surface area contributed by atoms with Crippen LogP contribution in [0, 0.1) is 13.8 Å². The maximum absolute atomic E-state index is 12.6. The number of benzene rings is 1. The van der Waals surface area contributed by atoms with Gasteiger partial charge in [0.1, 0.15) is 17.6 Å². The number of aliphatic hydroxyl groups excluding tert-OH is 1. The molecule has 1 aromatic carbocycles. The van der Waals surface area contributed by atoms with E-state index < -0.39 is 24.5 Å². The van der Waals surface area contributed by atoms with Crippen LogP contribution in [0.5, 0.6) is 0 Å². The summed E-state index contributed by atoms with van der Waals surface area (Å²) in [5.74, 6) is 0.169. The van der Waals surface area contributed by atoms with Crippen molar-refractivity contribution in [2.75, 3.05) is 13.7 Å². The number of aliphatic hydroxyl groups is 1. The minimum atomic E-state index is -1.01. The predicted octanol–water partition coefficient (Wildman–Crippen LogP) is 1.40. The quantitative estimate of drug-likeness (QED) is 0.777. The van der Waals surface area contributed by atoms with Crippen LogP contribution in [0.15, 0.2) is 34.7 Å². The molecule has 0 radical (unpaired) electrons. The number of nitrogens with one attached hydrogen (secondary N) is 2. The van der Waals surface area contributed by atoms with Gasteiger partial charge in [0.2, 0.25) is 5.91 Å². The van der Waals surface area contributed by atoms with E-state index in [1.165, 1.54) is 7.05 Å². The van der Waals surface area contributed by atoms with E-state index in [9.17, 15) is 14.7 Å². The first-order valence-electron chi connectivity index (χ1n) is 7.28. The summed E-state index contributed by atoms with van der Waals surface area (Å²) in [5, 5.41) is 14.2. The van der Waals surface area contributed by atoms with E-state index in [0.717, 1.165) is 5.56 Å². The van der Waals surface area contributed by atoms with Crippen LogP contribution in [-0.2, 0) is 4.79 Å². The number of carbonyl (C=O) groups excluding carboxylic acids is 2. The Labute approximate surface area is 134 Å². The second kappa shape index (κ2) is 7.11. The molecule has 1 atom stereocenters. The van der Waals surface area contributed by atoms with Crippen molar-refractivity contribution in [2.24, 2.45) is 0 Å². The zero-order valence-electron chi connectivity index (χ0n) is 13.3. The zero-order chi connectivity index (χ0) is 17.0. The van der Waals surface area contributed by atoms with E-state index in [0.29, 0.717) is 22.6 Å². The van der Waals surface area contributed by atoms with Crippen LogP contribution < -0.4 is 10.6 Å². The van der Waals surface area contributed by atoms with Gasteiger partial charge in [-0.3, -0.25) is 9.59 Å². The molecule has 0 aliphatic heterocycles. The number of hydrogen-bond acceptors (Lipinski definition) is 4. The molecule has 23 heavy (non-hydrogen) atoms. The number of likely N-dealkylation sites (N-methyl/N-ethyl adjacent to an activating group) is 1. The number of amides is 2. The normalized spacial score (nSPS) is 11.8. The summed E-state index contributed by atoms with van der Waals surface area (Å²) in [6, 6.07) is 8.26. The van der Waals surface area contributed by atoms with Gasteiger partial charge in [0.05, 0.1) is 12.2 Å². The minimum Gasteiger partial charge on any atom is -0.460 e. The molecule has 2 rings (SSSR count). The second-order valence-electron chi connectivity index (χ2n) is 5.18. The van der Waals surface area contributed by atoms with Crippen molar-refractivity contribution < 1.29 is 19.1 Å². The average molecular weight is 316 g/mol. The highest BCUT2D eigenvalue weighted by Gasteiger charge is 2.26. The Balaban J connectivity index is 2.39. The molecule has 0 unspecified atom stereocenters. The van der Waals surface area contributed by atoms with E-state index in [1.54, 1.807) is 13.8 Å². The van der Waals surface area contributed by atoms with Crippen molar-refractivity contribution in [3.05, 3.63) is 47.2 Å². The van der Waals surface area contributed by atoms with Crippen LogP contribution in [0.4, 0.5) is 0 Å². The molecule has 0 spiro atoms. The molecule has 2 aromatic rings. The summed E-state index contributed by atoms with van der Waals surface area (Å²) in [4.78, 5) is 24.2. The Morgan fingerprint density at radius 3 is 2.43 bits per heavy atom. The smallest absolute Gasteiger partial charge is 0.256 e. The third-order valence-corrected chi connectivity index (χ3v) is 3.70. The van der Waals surface area contributed by atoms with Gasteiger partial charge in [-0.25, -0.2) is 0 Å². The highest BCUT2D eigenvalue weighted by molar-refractivity contribution is 6.03. The molecule has 0 saturated heterocycles. The lowest BCUT2D eigenvalue weighted by atomic mass is 10.0. The first-order chi connectivity index (χ1) is 11.0. The molecule has 0 aliphatic carbocycles. The molecule has 1 heterocycles. The van der Waals surface area contributed by atoms with Crippen molar-refractivity contribution in [1.29, 1.82) is 0 Å². The standard InChI is InChI=1S/C17H20N2O4/c1-10-11(2)23-15(12-7-5-4-6-8-12)14(10)17(22)19-13(9-20)16(21)18-3/h4-8,13,20H,9H2,1-3H3,(H,18,21)(H,19,22)/t13-/m0/s1. The summed E-state index contributed by atoms with van der Waals surface area (Å²) in [6.07, 6.45) is 0. The monoisotopic (exact) mass is 316 g/mol. The summed E-state index contributed by atoms with van der Waals surface area (Å²) >= 11 is 0. The first-order valence-corrected chi connectivity index (χ1v) is 7.28. The van der Waals surface area contributed by atoms with Crippen LogP contribution in [0.1, 0.15) is 21.7 Å². The van der Waals surface area contributed by atoms with E-state index in [4.69, 9.17) is 4.42 Å². The molecule has 2 amide bonds. The fourth-order valence-electron chi connectivity index (χ4n) is 2.29. The van der Waals surface area contributed by atoms with Gasteiger partial charge in [0.15, 0.2) is 0 Å². The van der Waals surface area contributed by atoms with Crippen molar-refractivity contribution in [3.8, 4) is 11.3 Å². The van der Waals surface area contributed by atoms with Crippen LogP contribution in [0.25, 0.3) is 11.3 Å². The number of furan rings is 1. The molecular weight excluding hydrogens is 296 g/mol. The van der Waals surface area contributed by atoms with Crippen molar-refractivity contribution in [3.63, 3.8) is 0 Å². The fraction of sp³-hybridized carbons (Fsp3) is 0.294. The lowest BCUT2D eigenvalue weighted by Gasteiger charge is -2.15. The summed E-state index contributed by atoms with van der Waals surface area (Å²) in [7, 11) is 1.44. The Hall–Kier alpha value is -2.60. The van der Waals surface area contributed by atoms with Gasteiger partial charge in [-0.05, 0) is 13.8 Å². The predicted molar refractivity (Wildman–Crippen MR) is 86.0 cm³/mol. The zero-order valence-corrected chi connectivity index (χ0v) is 13.3. The van der Waals surface area contributed by atoms with Crippen LogP contribution >= 0.6 is 0 Å². The molecule has 3 N–H and O–H groups in total. The van der Waals surface area contributed by atoms with Gasteiger partial charge in [0, 0.05) is 18.2 Å². The summed E-state index contributed by atoms with van der Waals surface area (Å²) in [6.45, 7) is 3.08. The van der Waals surface area contributed by atoms with Gasteiger partial charge in [-0.2, -0.15) is 0 Å². The van der Waals surface area contributed by atoms with E-state index >= 15 is 0 Å². The third kappa shape index (κ3) is 3.43. The highest BCUT2D eigenvalue weighted by Crippen LogP contribution is 2.30. The molecule has 0 aliphatic rings. The van der Waals surface area contributed by atoms with Gasteiger partial charge < -0.3 is 20.2 Å². The van der Waals surface area contributed by atoms with E-state index in [1.807, 2.05) is 30.3 Å². The molecular formula is C17H20N2O4. The fourth-order valence-corrected chi connectivity index (χ4v) is 2.29. The van der Waals surface area contributed by atoms with E-state index in [2.05, 4.69) is 10.6 Å². The lowest BCUT2D eigenvalue weighted by Crippen LogP contribution is -2.48. The number of rotatable bonds is 5. The van der Waals surface area contributed by atoms with Crippen LogP contribution in [0.2, 0.25) is 0 Å². The molecule has 1 aromatic heterocycles. The number of aryl methyl sites for hydroxylation is 1. The second-order valence-corrected chi connectivity index (χ2v) is 5.18. The first kappa shape index (κ1) is 16.8. The van der Waals surface area contributed by atoms with Gasteiger partial charge in [-0.1, -0.05) is 30.3 Å². The largest absolute Gasteiger partial charge is 0.460 e. The third-order valence-electron chi connectivity index (χ3n) is 3.70. The number of carbonyl (C=O) groups is 2. The van der Waals surface area contributed by atoms with Gasteiger partial charge in [-0.15, -0.1) is 0 Å². The van der Waals surface area contributed by atoms with Gasteiger partial charge >= 0.3 is 0 Å². The lowest BCUT2D eigenvalue weighted by molar-refractivity contribution is -0.123. The molecule has 0 fully saturated rings. The SMILES string of the molecule is CNC(=O)[C@H](CO)NC(=O)c1c(-c2ccccc2)oc(C)c1C. The Morgan fingerprint density at radius 1 is 1.22 bits per heavy atom. The van der Waals surface area contributed by atoms with Crippen LogP contribution in [0.3, 0.4) is 0 Å². The van der Waals surface area contributed by atoms with E-state index in [-0.39, 0.29) is 0 Å². The topological polar surface area (TPSA) is 91.6 Å². The Bertz CT molecular complexity index is 707. The summed E-state index contributed by atoms with van der Waals surface area (Å²) in [5.41, 5.74) is 1.85. The Morgan fingerprint density at radius 2 is 1.87 bits per heavy atom. The van der Waals surface area contributed by atoms with Crippen LogP contribution in [-0.4, -0.2) is 36.6 Å². The maximum atomic E-state index is 12.6. The number of hydrogen-bond donors (Lipinski definition) is 3. The van der Waals surface area contributed by atoms with Crippen molar-refractivity contribution >= 4 is 11.8 Å². The van der Waals surface area contributed by atoms with Crippen molar-refractivity contribution in [2.45, 2.75) is 19.9 Å². The summed E-state index contributed by atoms with van der Waals surface area (Å²) < 4.78 is 5.73. The molecule has 122 valence electrons. The maximum Gasteiger partial charge on any atom is 0.256 e. The molecule has 6 heteroatoms. The molecule has 6 nitrogen and oxygen atoms in total. The average Bonchev–Trinajstić information content (AvgIpc) is 2.88. The molecule has 0 bridgehead atoms. The highest BCUT2D eigenvalue weighted by atomic mass is 16.3. The minimum absolute atomic E-state index is 0.371. The molecule has 0 saturated carbocycles.